The van der Waals surface area contributed by atoms with E-state index in [1.54, 1.807) is 0 Å². The van der Waals surface area contributed by atoms with Crippen LogP contribution in [-0.4, -0.2) is 16.6 Å². The smallest absolute Gasteiger partial charge is 0.174 e. The van der Waals surface area contributed by atoms with Crippen LogP contribution in [0.2, 0.25) is 0 Å². The molecule has 94 valence electrons. The first-order chi connectivity index (χ1) is 8.69. The highest BCUT2D eigenvalue weighted by atomic mass is 16.5. The molecule has 0 fully saturated rings. The van der Waals surface area contributed by atoms with Gasteiger partial charge >= 0.3 is 0 Å². The van der Waals surface area contributed by atoms with Gasteiger partial charge in [0, 0.05) is 11.4 Å². The van der Waals surface area contributed by atoms with Crippen molar-refractivity contribution >= 4 is 11.6 Å². The number of hydrogen-bond donors (Lipinski definition) is 1. The summed E-state index contributed by atoms with van der Waals surface area (Å²) in [7, 11) is 0. The van der Waals surface area contributed by atoms with Crippen molar-refractivity contribution in [3.63, 3.8) is 0 Å². The van der Waals surface area contributed by atoms with E-state index in [0.29, 0.717) is 12.4 Å². The molecule has 0 aliphatic heterocycles. The van der Waals surface area contributed by atoms with E-state index in [-0.39, 0.29) is 0 Å². The molecular weight excluding hydrogens is 226 g/mol. The maximum atomic E-state index is 5.54. The second kappa shape index (κ2) is 5.49. The van der Waals surface area contributed by atoms with Crippen LogP contribution in [0.5, 0.6) is 5.75 Å². The van der Waals surface area contributed by atoms with Gasteiger partial charge in [-0.2, -0.15) is 0 Å². The molecule has 2 aromatic rings. The lowest BCUT2D eigenvalue weighted by Gasteiger charge is -2.11. The number of rotatable bonds is 4. The number of aryl methyl sites for hydroxylation is 2. The van der Waals surface area contributed by atoms with E-state index >= 15 is 0 Å². The maximum absolute atomic E-state index is 5.54. The van der Waals surface area contributed by atoms with Crippen molar-refractivity contribution in [2.24, 2.45) is 0 Å². The van der Waals surface area contributed by atoms with Crippen LogP contribution in [-0.2, 0) is 0 Å². The molecule has 1 N–H and O–H groups in total. The standard InChI is InChI=1S/C14H17N3O/c1-4-18-12-9-8-11(3)16-14(12)17-13-7-5-6-10(2)15-13/h5-9H,4H2,1-3H3,(H,15,16,17). The predicted molar refractivity (Wildman–Crippen MR) is 72.4 cm³/mol. The highest BCUT2D eigenvalue weighted by Crippen LogP contribution is 2.25. The minimum absolute atomic E-state index is 0.612. The van der Waals surface area contributed by atoms with Crippen molar-refractivity contribution in [3.05, 3.63) is 41.7 Å². The molecular formula is C14H17N3O. The van der Waals surface area contributed by atoms with Crippen molar-refractivity contribution in [3.8, 4) is 5.75 Å². The number of pyridine rings is 2. The molecule has 0 unspecified atom stereocenters. The van der Waals surface area contributed by atoms with Crippen molar-refractivity contribution in [2.75, 3.05) is 11.9 Å². The SMILES string of the molecule is CCOc1ccc(C)nc1Nc1cccc(C)n1. The van der Waals surface area contributed by atoms with Gasteiger partial charge in [-0.3, -0.25) is 0 Å². The Morgan fingerprint density at radius 3 is 2.56 bits per heavy atom. The molecule has 0 bridgehead atoms. The number of anilines is 2. The summed E-state index contributed by atoms with van der Waals surface area (Å²) < 4.78 is 5.54. The minimum Gasteiger partial charge on any atom is -0.490 e. The Balaban J connectivity index is 2.29. The average Bonchev–Trinajstić information content (AvgIpc) is 2.33. The Kier molecular flexibility index (Phi) is 3.77. The molecule has 0 saturated heterocycles. The van der Waals surface area contributed by atoms with Gasteiger partial charge in [0.2, 0.25) is 0 Å². The second-order valence-electron chi connectivity index (χ2n) is 4.02. The first-order valence-corrected chi connectivity index (χ1v) is 6.00. The Labute approximate surface area is 107 Å². The third-order valence-corrected chi connectivity index (χ3v) is 2.43. The molecule has 2 rings (SSSR count). The first-order valence-electron chi connectivity index (χ1n) is 6.00. The molecule has 0 aliphatic carbocycles. The van der Waals surface area contributed by atoms with Crippen LogP contribution in [0.4, 0.5) is 11.6 Å². The zero-order valence-corrected chi connectivity index (χ0v) is 10.9. The molecule has 0 spiro atoms. The van der Waals surface area contributed by atoms with Crippen LogP contribution in [0.15, 0.2) is 30.3 Å². The number of nitrogens with zero attached hydrogens (tertiary/aromatic N) is 2. The predicted octanol–water partition coefficient (Wildman–Crippen LogP) is 3.24. The summed E-state index contributed by atoms with van der Waals surface area (Å²) in [6.07, 6.45) is 0. The van der Waals surface area contributed by atoms with Crippen molar-refractivity contribution in [1.82, 2.24) is 9.97 Å². The Hall–Kier alpha value is -2.10. The summed E-state index contributed by atoms with van der Waals surface area (Å²) in [4.78, 5) is 8.83. The first kappa shape index (κ1) is 12.4. The lowest BCUT2D eigenvalue weighted by Crippen LogP contribution is -2.02. The van der Waals surface area contributed by atoms with Gasteiger partial charge < -0.3 is 10.1 Å². The van der Waals surface area contributed by atoms with Gasteiger partial charge in [0.25, 0.3) is 0 Å². The van der Waals surface area contributed by atoms with E-state index in [0.717, 1.165) is 23.0 Å². The normalized spacial score (nSPS) is 10.2. The molecule has 0 aliphatic rings. The molecule has 2 aromatic heterocycles. The summed E-state index contributed by atoms with van der Waals surface area (Å²) in [6, 6.07) is 9.68. The molecule has 0 saturated carbocycles. The van der Waals surface area contributed by atoms with Gasteiger partial charge in [0.1, 0.15) is 5.82 Å². The zero-order valence-electron chi connectivity index (χ0n) is 10.9. The highest BCUT2D eigenvalue weighted by molar-refractivity contribution is 5.59. The molecule has 18 heavy (non-hydrogen) atoms. The lowest BCUT2D eigenvalue weighted by molar-refractivity contribution is 0.340. The van der Waals surface area contributed by atoms with E-state index in [1.165, 1.54) is 0 Å². The van der Waals surface area contributed by atoms with E-state index in [2.05, 4.69) is 15.3 Å². The van der Waals surface area contributed by atoms with Crippen LogP contribution in [0, 0.1) is 13.8 Å². The van der Waals surface area contributed by atoms with Crippen LogP contribution in [0.25, 0.3) is 0 Å². The van der Waals surface area contributed by atoms with Crippen molar-refractivity contribution in [2.45, 2.75) is 20.8 Å². The molecule has 4 nitrogen and oxygen atoms in total. The van der Waals surface area contributed by atoms with Crippen LogP contribution in [0.1, 0.15) is 18.3 Å². The number of nitrogens with one attached hydrogen (secondary N) is 1. The van der Waals surface area contributed by atoms with Gasteiger partial charge in [-0.25, -0.2) is 9.97 Å². The quantitative estimate of drug-likeness (QED) is 0.895. The monoisotopic (exact) mass is 243 g/mol. The highest BCUT2D eigenvalue weighted by Gasteiger charge is 2.06. The summed E-state index contributed by atoms with van der Waals surface area (Å²) >= 11 is 0. The average molecular weight is 243 g/mol. The minimum atomic E-state index is 0.612. The molecule has 0 amide bonds. The van der Waals surface area contributed by atoms with Gasteiger partial charge in [0.15, 0.2) is 11.6 Å². The largest absolute Gasteiger partial charge is 0.490 e. The molecule has 0 atom stereocenters. The van der Waals surface area contributed by atoms with Gasteiger partial charge in [-0.1, -0.05) is 6.07 Å². The summed E-state index contributed by atoms with van der Waals surface area (Å²) in [5.41, 5.74) is 1.90. The Morgan fingerprint density at radius 1 is 1.06 bits per heavy atom. The number of hydrogen-bond acceptors (Lipinski definition) is 4. The van der Waals surface area contributed by atoms with Crippen molar-refractivity contribution in [1.29, 1.82) is 0 Å². The van der Waals surface area contributed by atoms with Crippen LogP contribution < -0.4 is 10.1 Å². The number of aromatic nitrogens is 2. The van der Waals surface area contributed by atoms with E-state index in [9.17, 15) is 0 Å². The van der Waals surface area contributed by atoms with Crippen molar-refractivity contribution < 1.29 is 4.74 Å². The molecule has 0 aromatic carbocycles. The Morgan fingerprint density at radius 2 is 1.83 bits per heavy atom. The summed E-state index contributed by atoms with van der Waals surface area (Å²) in [5.74, 6) is 2.22. The second-order valence-corrected chi connectivity index (χ2v) is 4.02. The van der Waals surface area contributed by atoms with Gasteiger partial charge in [0.05, 0.1) is 6.61 Å². The molecule has 4 heteroatoms. The van der Waals surface area contributed by atoms with Crippen LogP contribution >= 0.6 is 0 Å². The van der Waals surface area contributed by atoms with Gasteiger partial charge in [-0.05, 0) is 45.0 Å². The van der Waals surface area contributed by atoms with E-state index in [4.69, 9.17) is 4.74 Å². The van der Waals surface area contributed by atoms with Gasteiger partial charge in [-0.15, -0.1) is 0 Å². The molecule has 0 radical (unpaired) electrons. The fourth-order valence-corrected chi connectivity index (χ4v) is 1.64. The van der Waals surface area contributed by atoms with E-state index < -0.39 is 0 Å². The zero-order chi connectivity index (χ0) is 13.0. The topological polar surface area (TPSA) is 47.0 Å². The third-order valence-electron chi connectivity index (χ3n) is 2.43. The van der Waals surface area contributed by atoms with Crippen LogP contribution in [0.3, 0.4) is 0 Å². The maximum Gasteiger partial charge on any atom is 0.174 e. The van der Waals surface area contributed by atoms with E-state index in [1.807, 2.05) is 51.1 Å². The number of ether oxygens (including phenoxy) is 1. The lowest BCUT2D eigenvalue weighted by atomic mass is 10.3. The summed E-state index contributed by atoms with van der Waals surface area (Å²) in [5, 5.41) is 3.19. The fourth-order valence-electron chi connectivity index (χ4n) is 1.64. The third kappa shape index (κ3) is 2.97. The molecule has 2 heterocycles. The fraction of sp³-hybridized carbons (Fsp3) is 0.286. The Bertz CT molecular complexity index is 540. The summed E-state index contributed by atoms with van der Waals surface area (Å²) in [6.45, 7) is 6.47.